The number of aryl methyl sites for hydroxylation is 3. The maximum atomic E-state index is 4.46. The highest BCUT2D eigenvalue weighted by atomic mass is 32.1. The van der Waals surface area contributed by atoms with Gasteiger partial charge in [0.2, 0.25) is 0 Å². The predicted octanol–water partition coefficient (Wildman–Crippen LogP) is 2.17. The van der Waals surface area contributed by atoms with Gasteiger partial charge in [0, 0.05) is 4.88 Å². The van der Waals surface area contributed by atoms with E-state index in [1.54, 1.807) is 6.33 Å². The summed E-state index contributed by atoms with van der Waals surface area (Å²) in [4.78, 5) is 7.18. The second-order valence-electron chi connectivity index (χ2n) is 5.27. The van der Waals surface area contributed by atoms with Gasteiger partial charge in [-0.1, -0.05) is 0 Å². The van der Waals surface area contributed by atoms with Crippen molar-refractivity contribution in [2.24, 2.45) is 0 Å². The van der Waals surface area contributed by atoms with Crippen LogP contribution >= 0.6 is 11.3 Å². The lowest BCUT2D eigenvalue weighted by Crippen LogP contribution is -2.01. The van der Waals surface area contributed by atoms with Gasteiger partial charge < -0.3 is 0 Å². The van der Waals surface area contributed by atoms with E-state index in [-0.39, 0.29) is 0 Å². The summed E-state index contributed by atoms with van der Waals surface area (Å²) < 4.78 is 3.92. The van der Waals surface area contributed by atoms with Crippen LogP contribution in [-0.4, -0.2) is 29.2 Å². The third kappa shape index (κ3) is 1.14. The van der Waals surface area contributed by atoms with Gasteiger partial charge in [0.05, 0.1) is 5.39 Å². The Bertz CT molecular complexity index is 975. The minimum atomic E-state index is 0.751. The molecule has 4 aromatic heterocycles. The number of thiophene rings is 1. The van der Waals surface area contributed by atoms with Gasteiger partial charge in [-0.05, 0) is 38.2 Å². The van der Waals surface area contributed by atoms with E-state index >= 15 is 0 Å². The number of rotatable bonds is 0. The summed E-state index contributed by atoms with van der Waals surface area (Å²) in [6, 6.07) is 0. The van der Waals surface area contributed by atoms with Crippen LogP contribution in [0.2, 0.25) is 0 Å². The van der Waals surface area contributed by atoms with Crippen LogP contribution in [0.1, 0.15) is 29.1 Å². The van der Waals surface area contributed by atoms with Gasteiger partial charge in [0.15, 0.2) is 5.65 Å². The molecule has 6 nitrogen and oxygen atoms in total. The summed E-state index contributed by atoms with van der Waals surface area (Å²) >= 11 is 1.87. The zero-order valence-electron chi connectivity index (χ0n) is 11.0. The van der Waals surface area contributed by atoms with Crippen molar-refractivity contribution in [3.8, 4) is 0 Å². The topological polar surface area (TPSA) is 60.4 Å². The Kier molecular flexibility index (Phi) is 1.90. The Labute approximate surface area is 118 Å². The number of fused-ring (bicyclic) bond motifs is 8. The standard InChI is InChI=1S/C13H12N6S/c1-7-16-17-13-18(7)12-10(11-14-6-15-19(11)13)8-4-2-3-5-9(8)20-12/h6H,2-5H2,1H3. The summed E-state index contributed by atoms with van der Waals surface area (Å²) in [7, 11) is 0. The number of aromatic nitrogens is 6. The predicted molar refractivity (Wildman–Crippen MR) is 76.3 cm³/mol. The molecule has 0 amide bonds. The largest absolute Gasteiger partial charge is 0.259 e. The van der Waals surface area contributed by atoms with Crippen molar-refractivity contribution >= 4 is 33.0 Å². The molecule has 0 aromatic carbocycles. The molecule has 0 radical (unpaired) electrons. The van der Waals surface area contributed by atoms with Crippen LogP contribution in [0.3, 0.4) is 0 Å². The van der Waals surface area contributed by atoms with Crippen LogP contribution in [0.4, 0.5) is 0 Å². The molecule has 0 saturated carbocycles. The van der Waals surface area contributed by atoms with Crippen molar-refractivity contribution in [3.05, 3.63) is 22.6 Å². The van der Waals surface area contributed by atoms with Crippen LogP contribution < -0.4 is 0 Å². The highest BCUT2D eigenvalue weighted by Gasteiger charge is 2.23. The summed E-state index contributed by atoms with van der Waals surface area (Å²) in [5, 5.41) is 14.0. The van der Waals surface area contributed by atoms with Crippen LogP contribution in [0.15, 0.2) is 6.33 Å². The first-order chi connectivity index (χ1) is 9.84. The molecule has 0 fully saturated rings. The monoisotopic (exact) mass is 284 g/mol. The fourth-order valence-corrected chi connectivity index (χ4v) is 4.65. The fraction of sp³-hybridized carbons (Fsp3) is 0.385. The fourth-order valence-electron chi connectivity index (χ4n) is 3.22. The second kappa shape index (κ2) is 3.54. The lowest BCUT2D eigenvalue weighted by atomic mass is 9.97. The minimum Gasteiger partial charge on any atom is -0.253 e. The van der Waals surface area contributed by atoms with E-state index in [0.717, 1.165) is 23.7 Å². The van der Waals surface area contributed by atoms with E-state index in [1.807, 2.05) is 22.8 Å². The van der Waals surface area contributed by atoms with E-state index in [0.29, 0.717) is 0 Å². The first-order valence-electron chi connectivity index (χ1n) is 6.82. The summed E-state index contributed by atoms with van der Waals surface area (Å²) in [5.74, 6) is 1.65. The molecule has 0 aliphatic heterocycles. The van der Waals surface area contributed by atoms with Crippen molar-refractivity contribution in [1.82, 2.24) is 29.2 Å². The number of nitrogens with zero attached hydrogens (tertiary/aromatic N) is 6. The molecule has 0 saturated heterocycles. The first kappa shape index (κ1) is 10.7. The molecule has 0 spiro atoms. The normalized spacial score (nSPS) is 15.4. The number of hydrogen-bond donors (Lipinski definition) is 0. The average molecular weight is 284 g/mol. The summed E-state index contributed by atoms with van der Waals surface area (Å²) in [6.07, 6.45) is 6.47. The van der Waals surface area contributed by atoms with Gasteiger partial charge in [-0.3, -0.25) is 4.40 Å². The molecule has 0 bridgehead atoms. The molecule has 4 heterocycles. The van der Waals surface area contributed by atoms with Crippen LogP contribution in [0.25, 0.3) is 21.6 Å². The molecule has 7 heteroatoms. The van der Waals surface area contributed by atoms with Gasteiger partial charge in [-0.2, -0.15) is 9.61 Å². The molecule has 0 N–H and O–H groups in total. The maximum absolute atomic E-state index is 4.46. The van der Waals surface area contributed by atoms with E-state index in [2.05, 4.69) is 24.7 Å². The van der Waals surface area contributed by atoms with Crippen LogP contribution in [0, 0.1) is 6.92 Å². The second-order valence-corrected chi connectivity index (χ2v) is 6.35. The van der Waals surface area contributed by atoms with Crippen LogP contribution in [-0.2, 0) is 12.8 Å². The van der Waals surface area contributed by atoms with E-state index in [4.69, 9.17) is 0 Å². The number of hydrogen-bond acceptors (Lipinski definition) is 5. The zero-order chi connectivity index (χ0) is 13.3. The van der Waals surface area contributed by atoms with Gasteiger partial charge in [-0.25, -0.2) is 4.98 Å². The first-order valence-corrected chi connectivity index (χ1v) is 7.64. The van der Waals surface area contributed by atoms with Crippen molar-refractivity contribution in [2.75, 3.05) is 0 Å². The third-order valence-electron chi connectivity index (χ3n) is 4.12. The van der Waals surface area contributed by atoms with Crippen molar-refractivity contribution in [2.45, 2.75) is 32.6 Å². The molecule has 0 unspecified atom stereocenters. The molecule has 5 rings (SSSR count). The maximum Gasteiger partial charge on any atom is 0.259 e. The molecule has 0 atom stereocenters. The zero-order valence-corrected chi connectivity index (χ0v) is 11.8. The Morgan fingerprint density at radius 1 is 1.20 bits per heavy atom. The van der Waals surface area contributed by atoms with Gasteiger partial charge in [-0.15, -0.1) is 21.5 Å². The Morgan fingerprint density at radius 3 is 3.05 bits per heavy atom. The molecule has 1 aliphatic rings. The van der Waals surface area contributed by atoms with Crippen molar-refractivity contribution in [3.63, 3.8) is 0 Å². The minimum absolute atomic E-state index is 0.751. The SMILES string of the molecule is Cc1nnc2n3ncnc3c3c4c(sc3n12)CCCC4. The Balaban J connectivity index is 2.14. The molecule has 1 aliphatic carbocycles. The van der Waals surface area contributed by atoms with Crippen molar-refractivity contribution < 1.29 is 0 Å². The van der Waals surface area contributed by atoms with E-state index < -0.39 is 0 Å². The van der Waals surface area contributed by atoms with E-state index in [1.165, 1.54) is 39.9 Å². The molecular weight excluding hydrogens is 272 g/mol. The molecular formula is C13H12N6S. The van der Waals surface area contributed by atoms with Gasteiger partial charge >= 0.3 is 0 Å². The van der Waals surface area contributed by atoms with Crippen LogP contribution in [0.5, 0.6) is 0 Å². The molecule has 100 valence electrons. The summed E-state index contributed by atoms with van der Waals surface area (Å²) in [5.41, 5.74) is 2.38. The Hall–Kier alpha value is -2.02. The molecule has 4 aromatic rings. The quantitative estimate of drug-likeness (QED) is 0.496. The summed E-state index contributed by atoms with van der Waals surface area (Å²) in [6.45, 7) is 1.99. The highest BCUT2D eigenvalue weighted by molar-refractivity contribution is 7.19. The lowest BCUT2D eigenvalue weighted by Gasteiger charge is -2.10. The lowest BCUT2D eigenvalue weighted by molar-refractivity contribution is 0.700. The Morgan fingerprint density at radius 2 is 2.10 bits per heavy atom. The van der Waals surface area contributed by atoms with Gasteiger partial charge in [0.25, 0.3) is 5.78 Å². The smallest absolute Gasteiger partial charge is 0.253 e. The molecule has 20 heavy (non-hydrogen) atoms. The average Bonchev–Trinajstić information content (AvgIpc) is 3.13. The van der Waals surface area contributed by atoms with E-state index in [9.17, 15) is 0 Å². The van der Waals surface area contributed by atoms with Gasteiger partial charge in [0.1, 0.15) is 17.0 Å². The van der Waals surface area contributed by atoms with Crippen molar-refractivity contribution in [1.29, 1.82) is 0 Å². The third-order valence-corrected chi connectivity index (χ3v) is 5.40. The highest BCUT2D eigenvalue weighted by Crippen LogP contribution is 2.38.